The number of carbonyl (C=O) groups excluding carboxylic acids is 1. The topological polar surface area (TPSA) is 82.5 Å². The highest BCUT2D eigenvalue weighted by atomic mass is 32.2. The van der Waals surface area contributed by atoms with Crippen LogP contribution in [0.2, 0.25) is 0 Å². The third-order valence-electron chi connectivity index (χ3n) is 5.16. The number of aromatic nitrogens is 2. The number of thioether (sulfide) groups is 1. The Bertz CT molecular complexity index is 1350. The van der Waals surface area contributed by atoms with Gasteiger partial charge in [-0.15, -0.1) is 11.3 Å². The van der Waals surface area contributed by atoms with Gasteiger partial charge in [0.05, 0.1) is 16.8 Å². The van der Waals surface area contributed by atoms with Crippen LogP contribution >= 0.6 is 23.1 Å². The first kappa shape index (κ1) is 21.5. The summed E-state index contributed by atoms with van der Waals surface area (Å²) in [5, 5.41) is 5.88. The molecule has 0 spiro atoms. The van der Waals surface area contributed by atoms with Gasteiger partial charge in [0.25, 0.3) is 5.56 Å². The first-order chi connectivity index (χ1) is 16.2. The lowest BCUT2D eigenvalue weighted by Crippen LogP contribution is -2.28. The van der Waals surface area contributed by atoms with Crippen LogP contribution in [-0.2, 0) is 11.2 Å². The fourth-order valence-corrected chi connectivity index (χ4v) is 5.21. The van der Waals surface area contributed by atoms with E-state index in [4.69, 9.17) is 9.47 Å². The summed E-state index contributed by atoms with van der Waals surface area (Å²) in [6.45, 7) is 1.61. The molecule has 0 atom stereocenters. The van der Waals surface area contributed by atoms with Gasteiger partial charge in [-0.1, -0.05) is 36.0 Å². The second-order valence-electron chi connectivity index (χ2n) is 7.38. The van der Waals surface area contributed by atoms with Crippen molar-refractivity contribution in [2.75, 3.05) is 25.5 Å². The molecule has 0 radical (unpaired) electrons. The average molecular weight is 480 g/mol. The Hall–Kier alpha value is -3.30. The van der Waals surface area contributed by atoms with Gasteiger partial charge in [-0.3, -0.25) is 14.2 Å². The summed E-state index contributed by atoms with van der Waals surface area (Å²) < 4.78 is 12.7. The summed E-state index contributed by atoms with van der Waals surface area (Å²) in [5.41, 5.74) is 1.66. The third kappa shape index (κ3) is 4.74. The third-order valence-corrected chi connectivity index (χ3v) is 6.90. The number of hydrogen-bond donors (Lipinski definition) is 1. The van der Waals surface area contributed by atoms with Crippen molar-refractivity contribution in [2.45, 2.75) is 11.6 Å². The Morgan fingerprint density at radius 2 is 1.91 bits per heavy atom. The zero-order valence-corrected chi connectivity index (χ0v) is 19.3. The van der Waals surface area contributed by atoms with Gasteiger partial charge in [-0.05, 0) is 47.7 Å². The molecule has 4 aromatic rings. The first-order valence-corrected chi connectivity index (χ1v) is 12.4. The van der Waals surface area contributed by atoms with Crippen molar-refractivity contribution in [3.63, 3.8) is 0 Å². The van der Waals surface area contributed by atoms with Crippen LogP contribution in [0.15, 0.2) is 69.9 Å². The van der Waals surface area contributed by atoms with Gasteiger partial charge < -0.3 is 14.8 Å². The van der Waals surface area contributed by atoms with Crippen LogP contribution in [0.5, 0.6) is 11.5 Å². The van der Waals surface area contributed by atoms with E-state index in [1.54, 1.807) is 10.6 Å². The maximum atomic E-state index is 13.1. The number of benzene rings is 2. The number of hydrogen-bond acceptors (Lipinski definition) is 7. The Morgan fingerprint density at radius 3 is 2.76 bits per heavy atom. The molecule has 33 heavy (non-hydrogen) atoms. The maximum Gasteiger partial charge on any atom is 0.267 e. The van der Waals surface area contributed by atoms with Gasteiger partial charge in [-0.2, -0.15) is 0 Å². The molecule has 7 nitrogen and oxygen atoms in total. The molecule has 1 amide bonds. The van der Waals surface area contributed by atoms with Crippen LogP contribution in [0.25, 0.3) is 15.9 Å². The van der Waals surface area contributed by atoms with Crippen molar-refractivity contribution >= 4 is 39.2 Å². The zero-order chi connectivity index (χ0) is 22.6. The smallest absolute Gasteiger partial charge is 0.267 e. The number of carbonyl (C=O) groups is 1. The van der Waals surface area contributed by atoms with Crippen LogP contribution in [0.3, 0.4) is 0 Å². The summed E-state index contributed by atoms with van der Waals surface area (Å²) in [4.78, 5) is 30.9. The number of nitrogens with one attached hydrogen (secondary N) is 1. The first-order valence-electron chi connectivity index (χ1n) is 10.5. The molecular formula is C24H21N3O4S2. The van der Waals surface area contributed by atoms with E-state index in [0.717, 1.165) is 22.7 Å². The summed E-state index contributed by atoms with van der Waals surface area (Å²) in [7, 11) is 0. The van der Waals surface area contributed by atoms with Crippen LogP contribution in [0.1, 0.15) is 5.56 Å². The molecule has 1 aliphatic rings. The molecular weight excluding hydrogens is 458 g/mol. The quantitative estimate of drug-likeness (QED) is 0.322. The van der Waals surface area contributed by atoms with E-state index in [2.05, 4.69) is 10.3 Å². The molecule has 0 fully saturated rings. The van der Waals surface area contributed by atoms with Crippen LogP contribution < -0.4 is 20.3 Å². The number of rotatable bonds is 7. The predicted molar refractivity (Wildman–Crippen MR) is 130 cm³/mol. The molecule has 2 aromatic heterocycles. The number of fused-ring (bicyclic) bond motifs is 2. The van der Waals surface area contributed by atoms with Crippen molar-refractivity contribution in [1.29, 1.82) is 0 Å². The number of ether oxygens (including phenoxy) is 2. The Balaban J connectivity index is 1.24. The van der Waals surface area contributed by atoms with Crippen molar-refractivity contribution in [3.8, 4) is 17.2 Å². The second-order valence-corrected chi connectivity index (χ2v) is 9.21. The van der Waals surface area contributed by atoms with E-state index >= 15 is 0 Å². The van der Waals surface area contributed by atoms with Crippen LogP contribution in [0, 0.1) is 0 Å². The van der Waals surface area contributed by atoms with Gasteiger partial charge in [0.2, 0.25) is 5.91 Å². The highest BCUT2D eigenvalue weighted by Gasteiger charge is 2.16. The van der Waals surface area contributed by atoms with E-state index in [1.807, 2.05) is 53.9 Å². The largest absolute Gasteiger partial charge is 0.486 e. The minimum Gasteiger partial charge on any atom is -0.486 e. The summed E-state index contributed by atoms with van der Waals surface area (Å²) in [5.74, 6) is 1.55. The van der Waals surface area contributed by atoms with Gasteiger partial charge in [0.1, 0.15) is 18.0 Å². The molecule has 0 aliphatic carbocycles. The number of thiophene rings is 1. The van der Waals surface area contributed by atoms with Crippen molar-refractivity contribution in [2.24, 2.45) is 0 Å². The van der Waals surface area contributed by atoms with E-state index < -0.39 is 0 Å². The van der Waals surface area contributed by atoms with Gasteiger partial charge in [0, 0.05) is 6.54 Å². The summed E-state index contributed by atoms with van der Waals surface area (Å²) in [6.07, 6.45) is 0.682. The lowest BCUT2D eigenvalue weighted by atomic mass is 10.1. The SMILES string of the molecule is O=C(CSc1nc2sccc2c(=O)n1-c1ccccc1)NCCc1ccc2c(c1)OCCO2. The molecule has 3 heterocycles. The number of amides is 1. The molecule has 2 aromatic carbocycles. The minimum atomic E-state index is -0.131. The normalized spacial score (nSPS) is 12.6. The standard InChI is InChI=1S/C24H21N3O4S2/c28-21(25-10-8-16-6-7-19-20(14-16)31-12-11-30-19)15-33-24-26-22-18(9-13-32-22)23(29)27(24)17-4-2-1-3-5-17/h1-7,9,13-14H,8,10-12,15H2,(H,25,28). The summed E-state index contributed by atoms with van der Waals surface area (Å²) >= 11 is 2.67. The van der Waals surface area contributed by atoms with Crippen molar-refractivity contribution < 1.29 is 14.3 Å². The van der Waals surface area contributed by atoms with Crippen LogP contribution in [0.4, 0.5) is 0 Å². The lowest BCUT2D eigenvalue weighted by molar-refractivity contribution is -0.118. The predicted octanol–water partition coefficient (Wildman–Crippen LogP) is 3.67. The van der Waals surface area contributed by atoms with Crippen LogP contribution in [-0.4, -0.2) is 41.0 Å². The fourth-order valence-electron chi connectivity index (χ4n) is 3.57. The highest BCUT2D eigenvalue weighted by molar-refractivity contribution is 7.99. The van der Waals surface area contributed by atoms with Gasteiger partial charge in [0.15, 0.2) is 16.7 Å². The molecule has 9 heteroatoms. The lowest BCUT2D eigenvalue weighted by Gasteiger charge is -2.18. The van der Waals surface area contributed by atoms with Gasteiger partial charge in [-0.25, -0.2) is 4.98 Å². The van der Waals surface area contributed by atoms with E-state index in [9.17, 15) is 9.59 Å². The Morgan fingerprint density at radius 1 is 1.09 bits per heavy atom. The number of nitrogens with zero attached hydrogens (tertiary/aromatic N) is 2. The molecule has 0 saturated heterocycles. The number of para-hydroxylation sites is 1. The molecule has 0 saturated carbocycles. The monoisotopic (exact) mass is 479 g/mol. The maximum absolute atomic E-state index is 13.1. The van der Waals surface area contributed by atoms with E-state index in [1.165, 1.54) is 23.1 Å². The highest BCUT2D eigenvalue weighted by Crippen LogP contribution is 2.30. The molecule has 1 N–H and O–H groups in total. The Labute approximate surface area is 198 Å². The van der Waals surface area contributed by atoms with Crippen molar-refractivity contribution in [3.05, 3.63) is 75.9 Å². The zero-order valence-electron chi connectivity index (χ0n) is 17.7. The van der Waals surface area contributed by atoms with E-state index in [-0.39, 0.29) is 17.2 Å². The molecule has 0 bridgehead atoms. The summed E-state index contributed by atoms with van der Waals surface area (Å²) in [6, 6.07) is 17.0. The molecule has 0 unspecified atom stereocenters. The minimum absolute atomic E-state index is 0.113. The molecule has 168 valence electrons. The molecule has 1 aliphatic heterocycles. The average Bonchev–Trinajstić information content (AvgIpc) is 3.32. The van der Waals surface area contributed by atoms with Crippen molar-refractivity contribution in [1.82, 2.24) is 14.9 Å². The van der Waals surface area contributed by atoms with Gasteiger partial charge >= 0.3 is 0 Å². The molecule has 5 rings (SSSR count). The Kier molecular flexibility index (Phi) is 6.32. The second kappa shape index (κ2) is 9.68. The van der Waals surface area contributed by atoms with E-state index in [0.29, 0.717) is 41.6 Å². The fraction of sp³-hybridized carbons (Fsp3) is 0.208.